The van der Waals surface area contributed by atoms with Crippen LogP contribution in [0.4, 0.5) is 5.69 Å². The average Bonchev–Trinajstić information content (AvgIpc) is 3.23. The summed E-state index contributed by atoms with van der Waals surface area (Å²) in [5.74, 6) is 0. The van der Waals surface area contributed by atoms with E-state index < -0.39 is 0 Å². The summed E-state index contributed by atoms with van der Waals surface area (Å²) in [5.41, 5.74) is 14.9. The van der Waals surface area contributed by atoms with Crippen molar-refractivity contribution in [3.8, 4) is 0 Å². The van der Waals surface area contributed by atoms with Crippen molar-refractivity contribution in [3.05, 3.63) is 101 Å². The first-order valence-corrected chi connectivity index (χ1v) is 11.9. The molecule has 3 aromatic carbocycles. The number of nitrogen functional groups attached to an aromatic ring is 1. The predicted molar refractivity (Wildman–Crippen MR) is 139 cm³/mol. The van der Waals surface area contributed by atoms with Crippen LogP contribution < -0.4 is 5.73 Å². The van der Waals surface area contributed by atoms with Gasteiger partial charge in [-0.3, -0.25) is 9.69 Å². The highest BCUT2D eigenvalue weighted by Crippen LogP contribution is 2.38. The Labute approximate surface area is 201 Å². The fourth-order valence-electron chi connectivity index (χ4n) is 4.71. The number of hydrogen-bond donors (Lipinski definition) is 2. The van der Waals surface area contributed by atoms with Crippen molar-refractivity contribution in [2.24, 2.45) is 0 Å². The summed E-state index contributed by atoms with van der Waals surface area (Å²) >= 11 is 0. The number of nitrogens with one attached hydrogen (secondary N) is 1. The number of aromatic nitrogens is 1. The van der Waals surface area contributed by atoms with Crippen LogP contribution in [0.5, 0.6) is 0 Å². The van der Waals surface area contributed by atoms with Crippen LogP contribution in [-0.4, -0.2) is 36.6 Å². The second-order valence-electron chi connectivity index (χ2n) is 8.73. The maximum absolute atomic E-state index is 9.18. The second kappa shape index (κ2) is 11.0. The van der Waals surface area contributed by atoms with Crippen molar-refractivity contribution in [1.82, 2.24) is 9.88 Å². The van der Waals surface area contributed by atoms with Crippen molar-refractivity contribution >= 4 is 23.1 Å². The molecule has 1 unspecified atom stereocenters. The van der Waals surface area contributed by atoms with Crippen molar-refractivity contribution in [3.63, 3.8) is 0 Å². The van der Waals surface area contributed by atoms with Gasteiger partial charge in [0, 0.05) is 28.8 Å². The monoisotopic (exact) mass is 455 g/mol. The number of aromatic amines is 1. The van der Waals surface area contributed by atoms with E-state index >= 15 is 0 Å². The Morgan fingerprint density at radius 3 is 2.44 bits per heavy atom. The number of carbonyl (C=O) groups is 1. The molecule has 4 aromatic rings. The van der Waals surface area contributed by atoms with Crippen molar-refractivity contribution in [2.75, 3.05) is 25.9 Å². The zero-order valence-corrected chi connectivity index (χ0v) is 20.0. The van der Waals surface area contributed by atoms with E-state index in [1.807, 2.05) is 12.1 Å². The fraction of sp³-hybridized carbons (Fsp3) is 0.276. The molecule has 1 aliphatic heterocycles. The summed E-state index contributed by atoms with van der Waals surface area (Å²) in [6.45, 7) is 3.72. The summed E-state index contributed by atoms with van der Waals surface area (Å²) < 4.78 is 4.15. The largest absolute Gasteiger partial charge is 0.468 e. The zero-order chi connectivity index (χ0) is 23.9. The summed E-state index contributed by atoms with van der Waals surface area (Å²) in [6.07, 6.45) is 3.23. The molecule has 176 valence electrons. The number of rotatable bonds is 6. The lowest BCUT2D eigenvalue weighted by molar-refractivity contribution is -0.128. The Bertz CT molecular complexity index is 1220. The molecular weight excluding hydrogens is 422 g/mol. The molecule has 5 nitrogen and oxygen atoms in total. The Hall–Kier alpha value is -3.57. The van der Waals surface area contributed by atoms with Crippen LogP contribution in [0.15, 0.2) is 72.8 Å². The maximum atomic E-state index is 9.18. The van der Waals surface area contributed by atoms with Gasteiger partial charge in [0.05, 0.1) is 12.6 Å². The summed E-state index contributed by atoms with van der Waals surface area (Å²) in [7, 11) is 2.21. The molecule has 1 aromatic heterocycles. The topological polar surface area (TPSA) is 71.3 Å². The number of fused-ring (bicyclic) bond motifs is 3. The maximum Gasteiger partial charge on any atom is 0.293 e. The first kappa shape index (κ1) is 23.6. The van der Waals surface area contributed by atoms with Crippen LogP contribution in [-0.2, 0) is 28.8 Å². The third-order valence-electron chi connectivity index (χ3n) is 6.46. The highest BCUT2D eigenvalue weighted by Gasteiger charge is 2.29. The second-order valence-corrected chi connectivity index (χ2v) is 8.73. The lowest BCUT2D eigenvalue weighted by Gasteiger charge is -2.33. The lowest BCUT2D eigenvalue weighted by atomic mass is 9.92. The van der Waals surface area contributed by atoms with Crippen molar-refractivity contribution in [1.29, 1.82) is 0 Å². The molecule has 1 aliphatic rings. The van der Waals surface area contributed by atoms with E-state index in [-0.39, 0.29) is 6.04 Å². The van der Waals surface area contributed by atoms with Gasteiger partial charge in [0.1, 0.15) is 0 Å². The first-order chi connectivity index (χ1) is 16.6. The fourth-order valence-corrected chi connectivity index (χ4v) is 4.71. The standard InChI is InChI=1S/C26H27N3.C3H6O2/c1-29-16-15-22-23-17-19(8-7-18-5-3-2-4-6-18)9-14-24(23)28-25(22)26(29)20-10-12-21(27)13-11-20;1-2-5-3-4/h2-6,9-14,17,26,28H,7-8,15-16,27H2,1H3;3H,2H2,1H3. The number of ether oxygens (including phenoxy) is 1. The Morgan fingerprint density at radius 2 is 1.76 bits per heavy atom. The molecule has 5 heteroatoms. The van der Waals surface area contributed by atoms with E-state index in [1.54, 1.807) is 6.92 Å². The van der Waals surface area contributed by atoms with Gasteiger partial charge in [-0.2, -0.15) is 0 Å². The number of H-pyrrole nitrogens is 1. The summed E-state index contributed by atoms with van der Waals surface area (Å²) in [5, 5.41) is 1.39. The van der Waals surface area contributed by atoms with E-state index in [1.165, 1.54) is 38.9 Å². The highest BCUT2D eigenvalue weighted by atomic mass is 16.5. The van der Waals surface area contributed by atoms with E-state index in [0.29, 0.717) is 13.1 Å². The minimum Gasteiger partial charge on any atom is -0.468 e. The van der Waals surface area contributed by atoms with E-state index in [0.717, 1.165) is 31.5 Å². The molecule has 34 heavy (non-hydrogen) atoms. The molecule has 0 bridgehead atoms. The van der Waals surface area contributed by atoms with Crippen LogP contribution in [0.2, 0.25) is 0 Å². The predicted octanol–water partition coefficient (Wildman–Crippen LogP) is 5.29. The zero-order valence-electron chi connectivity index (χ0n) is 20.0. The van der Waals surface area contributed by atoms with Crippen molar-refractivity contribution in [2.45, 2.75) is 32.2 Å². The molecule has 5 rings (SSSR count). The number of likely N-dealkylation sites (N-methyl/N-ethyl adjacent to an activating group) is 1. The molecule has 3 N–H and O–H groups in total. The van der Waals surface area contributed by atoms with Gasteiger partial charge >= 0.3 is 0 Å². The van der Waals surface area contributed by atoms with Gasteiger partial charge in [-0.15, -0.1) is 0 Å². The molecule has 0 spiro atoms. The number of nitrogens with zero attached hydrogens (tertiary/aromatic N) is 1. The lowest BCUT2D eigenvalue weighted by Crippen LogP contribution is -2.32. The normalized spacial score (nSPS) is 15.3. The SMILES string of the molecule is CCOC=O.CN1CCc2c([nH]c3ccc(CCc4ccccc4)cc23)C1c1ccc(N)cc1. The van der Waals surface area contributed by atoms with Gasteiger partial charge in [0.25, 0.3) is 6.47 Å². The summed E-state index contributed by atoms with van der Waals surface area (Å²) in [4.78, 5) is 15.4. The Kier molecular flexibility index (Phi) is 7.65. The number of hydrogen-bond acceptors (Lipinski definition) is 4. The third kappa shape index (κ3) is 5.32. The molecule has 0 amide bonds. The van der Waals surface area contributed by atoms with E-state index in [4.69, 9.17) is 5.73 Å². The van der Waals surface area contributed by atoms with Crippen LogP contribution in [0.25, 0.3) is 10.9 Å². The van der Waals surface area contributed by atoms with Gasteiger partial charge in [-0.05, 0) is 79.8 Å². The Morgan fingerprint density at radius 1 is 1.03 bits per heavy atom. The van der Waals surface area contributed by atoms with Gasteiger partial charge in [0.2, 0.25) is 0 Å². The number of carbonyl (C=O) groups excluding carboxylic acids is 1. The Balaban J connectivity index is 0.000000499. The quantitative estimate of drug-likeness (QED) is 0.306. The van der Waals surface area contributed by atoms with Gasteiger partial charge < -0.3 is 15.5 Å². The molecule has 2 heterocycles. The molecular formula is C29H33N3O2. The number of nitrogens with two attached hydrogens (primary N) is 1. The van der Waals surface area contributed by atoms with Crippen LogP contribution in [0, 0.1) is 0 Å². The molecule has 0 fully saturated rings. The van der Waals surface area contributed by atoms with Gasteiger partial charge in [-0.25, -0.2) is 0 Å². The molecule has 0 radical (unpaired) electrons. The smallest absolute Gasteiger partial charge is 0.293 e. The minimum absolute atomic E-state index is 0.250. The molecule has 0 saturated heterocycles. The number of anilines is 1. The number of aryl methyl sites for hydroxylation is 2. The average molecular weight is 456 g/mol. The molecule has 0 saturated carbocycles. The number of benzene rings is 3. The van der Waals surface area contributed by atoms with Crippen LogP contribution in [0.3, 0.4) is 0 Å². The van der Waals surface area contributed by atoms with E-state index in [2.05, 4.69) is 82.3 Å². The third-order valence-corrected chi connectivity index (χ3v) is 6.46. The van der Waals surface area contributed by atoms with E-state index in [9.17, 15) is 4.79 Å². The van der Waals surface area contributed by atoms with Gasteiger partial charge in [-0.1, -0.05) is 48.5 Å². The van der Waals surface area contributed by atoms with Crippen LogP contribution >= 0.6 is 0 Å². The van der Waals surface area contributed by atoms with Gasteiger partial charge in [0.15, 0.2) is 0 Å². The highest BCUT2D eigenvalue weighted by molar-refractivity contribution is 5.86. The van der Waals surface area contributed by atoms with Crippen LogP contribution in [0.1, 0.15) is 40.9 Å². The minimum atomic E-state index is 0.250. The molecule has 1 atom stereocenters. The summed E-state index contributed by atoms with van der Waals surface area (Å²) in [6, 6.07) is 26.2. The van der Waals surface area contributed by atoms with Crippen molar-refractivity contribution < 1.29 is 9.53 Å². The molecule has 0 aliphatic carbocycles. The first-order valence-electron chi connectivity index (χ1n) is 11.9.